The molecule has 7 nitrogen and oxygen atoms in total. The van der Waals surface area contributed by atoms with Crippen molar-refractivity contribution in [1.82, 2.24) is 4.90 Å². The number of hydrogen-bond acceptors (Lipinski definition) is 4. The van der Waals surface area contributed by atoms with Gasteiger partial charge in [-0.05, 0) is 60.5 Å². The maximum Gasteiger partial charge on any atom is 0.322 e. The van der Waals surface area contributed by atoms with Crippen LogP contribution in [0.25, 0.3) is 0 Å². The fourth-order valence-electron chi connectivity index (χ4n) is 3.39. The number of nitrogens with one attached hydrogen (secondary N) is 2. The number of halogens is 1. The molecule has 0 spiro atoms. The van der Waals surface area contributed by atoms with E-state index >= 15 is 0 Å². The summed E-state index contributed by atoms with van der Waals surface area (Å²) in [5.41, 5.74) is 2.86. The Kier molecular flexibility index (Phi) is 5.99. The molecule has 2 heterocycles. The molecular formula is C23H22FN3O4. The number of nitrogens with zero attached hydrogens (tertiary/aromatic N) is 1. The molecule has 1 aromatic heterocycles. The number of amides is 3. The minimum absolute atomic E-state index is 0.222. The number of urea groups is 1. The number of rotatable bonds is 4. The van der Waals surface area contributed by atoms with E-state index in [-0.39, 0.29) is 29.6 Å². The van der Waals surface area contributed by atoms with Gasteiger partial charge in [-0.25, -0.2) is 9.18 Å². The zero-order valence-corrected chi connectivity index (χ0v) is 16.9. The van der Waals surface area contributed by atoms with Crippen molar-refractivity contribution in [2.24, 2.45) is 0 Å². The van der Waals surface area contributed by atoms with Crippen molar-refractivity contribution >= 4 is 23.3 Å². The number of benzene rings is 2. The standard InChI is InChI=1S/C23H22FN3O4/c1-15-13-18(8-9-19(15)26-22(28)20-3-2-11-30-20)25-23(29)27-10-12-31-21(14-27)16-4-6-17(24)7-5-16/h2-9,11,13,21H,10,12,14H2,1H3,(H,25,29)(H,26,28). The molecule has 3 aromatic rings. The highest BCUT2D eigenvalue weighted by molar-refractivity contribution is 6.02. The maximum absolute atomic E-state index is 13.2. The predicted octanol–water partition coefficient (Wildman–Crippen LogP) is 4.58. The summed E-state index contributed by atoms with van der Waals surface area (Å²) in [4.78, 5) is 26.6. The van der Waals surface area contributed by atoms with Crippen LogP contribution in [0.4, 0.5) is 20.6 Å². The lowest BCUT2D eigenvalue weighted by Crippen LogP contribution is -2.44. The number of anilines is 2. The Labute approximate surface area is 178 Å². The molecule has 1 unspecified atom stereocenters. The highest BCUT2D eigenvalue weighted by Crippen LogP contribution is 2.24. The van der Waals surface area contributed by atoms with Gasteiger partial charge in [0.15, 0.2) is 5.76 Å². The van der Waals surface area contributed by atoms with E-state index in [0.29, 0.717) is 31.1 Å². The third-order valence-electron chi connectivity index (χ3n) is 5.07. The van der Waals surface area contributed by atoms with Gasteiger partial charge in [0.05, 0.1) is 19.4 Å². The average Bonchev–Trinajstić information content (AvgIpc) is 3.31. The Morgan fingerprint density at radius 2 is 1.90 bits per heavy atom. The molecule has 0 saturated carbocycles. The van der Waals surface area contributed by atoms with Crippen molar-refractivity contribution < 1.29 is 23.1 Å². The molecule has 1 aliphatic rings. The first kappa shape index (κ1) is 20.6. The first-order valence-electron chi connectivity index (χ1n) is 9.88. The Morgan fingerprint density at radius 3 is 2.61 bits per heavy atom. The van der Waals surface area contributed by atoms with Crippen molar-refractivity contribution in [1.29, 1.82) is 0 Å². The Hall–Kier alpha value is -3.65. The lowest BCUT2D eigenvalue weighted by atomic mass is 10.1. The molecule has 2 N–H and O–H groups in total. The van der Waals surface area contributed by atoms with Crippen LogP contribution >= 0.6 is 0 Å². The summed E-state index contributed by atoms with van der Waals surface area (Å²) < 4.78 is 24.0. The Morgan fingerprint density at radius 1 is 1.10 bits per heavy atom. The van der Waals surface area contributed by atoms with Gasteiger partial charge in [0, 0.05) is 17.9 Å². The van der Waals surface area contributed by atoms with Crippen molar-refractivity contribution in [3.63, 3.8) is 0 Å². The van der Waals surface area contributed by atoms with Crippen LogP contribution in [0.5, 0.6) is 0 Å². The van der Waals surface area contributed by atoms with Gasteiger partial charge in [0.2, 0.25) is 0 Å². The van der Waals surface area contributed by atoms with E-state index < -0.39 is 0 Å². The second kappa shape index (κ2) is 9.01. The molecule has 4 rings (SSSR count). The van der Waals surface area contributed by atoms with Gasteiger partial charge in [0.25, 0.3) is 5.91 Å². The van der Waals surface area contributed by atoms with Gasteiger partial charge in [0.1, 0.15) is 11.9 Å². The molecule has 31 heavy (non-hydrogen) atoms. The molecular weight excluding hydrogens is 401 g/mol. The van der Waals surface area contributed by atoms with Gasteiger partial charge in [-0.15, -0.1) is 0 Å². The minimum atomic E-state index is -0.343. The van der Waals surface area contributed by atoms with Crippen molar-refractivity contribution in [2.45, 2.75) is 13.0 Å². The summed E-state index contributed by atoms with van der Waals surface area (Å²) in [7, 11) is 0. The summed E-state index contributed by atoms with van der Waals surface area (Å²) in [6.45, 7) is 3.06. The smallest absolute Gasteiger partial charge is 0.322 e. The molecule has 0 aliphatic carbocycles. The first-order valence-corrected chi connectivity index (χ1v) is 9.88. The van der Waals surface area contributed by atoms with Crippen molar-refractivity contribution in [3.8, 4) is 0 Å². The van der Waals surface area contributed by atoms with Crippen molar-refractivity contribution in [3.05, 3.63) is 83.6 Å². The topological polar surface area (TPSA) is 83.8 Å². The molecule has 1 aliphatic heterocycles. The molecule has 0 radical (unpaired) electrons. The molecule has 1 atom stereocenters. The molecule has 160 valence electrons. The lowest BCUT2D eigenvalue weighted by Gasteiger charge is -2.33. The molecule has 1 fully saturated rings. The van der Waals surface area contributed by atoms with E-state index in [0.717, 1.165) is 11.1 Å². The fourth-order valence-corrected chi connectivity index (χ4v) is 3.39. The van der Waals surface area contributed by atoms with Gasteiger partial charge >= 0.3 is 6.03 Å². The number of morpholine rings is 1. The first-order chi connectivity index (χ1) is 15.0. The van der Waals surface area contributed by atoms with Crippen LogP contribution < -0.4 is 10.6 Å². The fraction of sp³-hybridized carbons (Fsp3) is 0.217. The average molecular weight is 423 g/mol. The predicted molar refractivity (Wildman–Crippen MR) is 114 cm³/mol. The summed E-state index contributed by atoms with van der Waals surface area (Å²) in [6, 6.07) is 14.3. The number of carbonyl (C=O) groups is 2. The van der Waals surface area contributed by atoms with E-state index in [1.54, 1.807) is 47.4 Å². The number of carbonyl (C=O) groups excluding carboxylic acids is 2. The lowest BCUT2D eigenvalue weighted by molar-refractivity contribution is -0.0135. The molecule has 2 aromatic carbocycles. The second-order valence-electron chi connectivity index (χ2n) is 7.25. The van der Waals surface area contributed by atoms with E-state index in [2.05, 4.69) is 10.6 Å². The summed E-state index contributed by atoms with van der Waals surface area (Å²) in [5.74, 6) is -0.432. The summed E-state index contributed by atoms with van der Waals surface area (Å²) in [6.07, 6.45) is 1.13. The highest BCUT2D eigenvalue weighted by Gasteiger charge is 2.25. The van der Waals surface area contributed by atoms with E-state index in [1.165, 1.54) is 18.4 Å². The van der Waals surface area contributed by atoms with E-state index in [4.69, 9.17) is 9.15 Å². The molecule has 0 bridgehead atoms. The van der Waals surface area contributed by atoms with Crippen LogP contribution in [-0.2, 0) is 4.74 Å². The van der Waals surface area contributed by atoms with Gasteiger partial charge < -0.3 is 24.7 Å². The largest absolute Gasteiger partial charge is 0.459 e. The second-order valence-corrected chi connectivity index (χ2v) is 7.25. The van der Waals surface area contributed by atoms with Gasteiger partial charge in [-0.1, -0.05) is 12.1 Å². The van der Waals surface area contributed by atoms with Crippen LogP contribution in [-0.4, -0.2) is 36.5 Å². The van der Waals surface area contributed by atoms with Crippen molar-refractivity contribution in [2.75, 3.05) is 30.3 Å². The number of aryl methyl sites for hydroxylation is 1. The molecule has 8 heteroatoms. The zero-order valence-electron chi connectivity index (χ0n) is 16.9. The van der Waals surface area contributed by atoms with Crippen LogP contribution in [0, 0.1) is 12.7 Å². The van der Waals surface area contributed by atoms with Crippen LogP contribution in [0.15, 0.2) is 65.3 Å². The third-order valence-corrected chi connectivity index (χ3v) is 5.07. The quantitative estimate of drug-likeness (QED) is 0.643. The minimum Gasteiger partial charge on any atom is -0.459 e. The summed E-state index contributed by atoms with van der Waals surface area (Å²) >= 11 is 0. The van der Waals surface area contributed by atoms with E-state index in [1.807, 2.05) is 6.92 Å². The maximum atomic E-state index is 13.2. The van der Waals surface area contributed by atoms with Crippen LogP contribution in [0.2, 0.25) is 0 Å². The Balaban J connectivity index is 1.38. The molecule has 3 amide bonds. The number of ether oxygens (including phenoxy) is 1. The normalized spacial score (nSPS) is 16.1. The third kappa shape index (κ3) is 4.92. The number of furan rings is 1. The monoisotopic (exact) mass is 423 g/mol. The highest BCUT2D eigenvalue weighted by atomic mass is 19.1. The number of hydrogen-bond donors (Lipinski definition) is 2. The Bertz CT molecular complexity index is 1070. The van der Waals surface area contributed by atoms with E-state index in [9.17, 15) is 14.0 Å². The van der Waals surface area contributed by atoms with Crippen LogP contribution in [0.1, 0.15) is 27.8 Å². The van der Waals surface area contributed by atoms with Gasteiger partial charge in [-0.3, -0.25) is 4.79 Å². The SMILES string of the molecule is Cc1cc(NC(=O)N2CCOC(c3ccc(F)cc3)C2)ccc1NC(=O)c1ccco1. The summed E-state index contributed by atoms with van der Waals surface area (Å²) in [5, 5.41) is 5.67. The zero-order chi connectivity index (χ0) is 21.8. The molecule has 1 saturated heterocycles. The van der Waals surface area contributed by atoms with Crippen LogP contribution in [0.3, 0.4) is 0 Å². The van der Waals surface area contributed by atoms with Gasteiger partial charge in [-0.2, -0.15) is 0 Å².